The summed E-state index contributed by atoms with van der Waals surface area (Å²) in [5.41, 5.74) is 0.497. The summed E-state index contributed by atoms with van der Waals surface area (Å²) in [4.78, 5) is 4.04. The summed E-state index contributed by atoms with van der Waals surface area (Å²) in [5.74, 6) is 0.501. The molecule has 21 heavy (non-hydrogen) atoms. The molecule has 112 valence electrons. The molecule has 0 atom stereocenters. The molecule has 0 aliphatic heterocycles. The summed E-state index contributed by atoms with van der Waals surface area (Å²) < 4.78 is 43.4. The molecule has 0 unspecified atom stereocenters. The maximum atomic E-state index is 12.8. The van der Waals surface area contributed by atoms with Gasteiger partial charge in [-0.25, -0.2) is 4.98 Å². The fraction of sp³-hybridized carbons (Fsp3) is 0.267. The van der Waals surface area contributed by atoms with Gasteiger partial charge in [-0.3, -0.25) is 0 Å². The van der Waals surface area contributed by atoms with Crippen LogP contribution in [-0.2, 0) is 19.3 Å². The van der Waals surface area contributed by atoms with Crippen molar-refractivity contribution in [2.75, 3.05) is 7.11 Å². The van der Waals surface area contributed by atoms with Crippen LogP contribution in [0.1, 0.15) is 16.7 Å². The van der Waals surface area contributed by atoms with Crippen molar-refractivity contribution in [3.8, 4) is 5.88 Å². The van der Waals surface area contributed by atoms with Crippen LogP contribution < -0.4 is 10.1 Å². The molecule has 0 radical (unpaired) electrons. The number of halogens is 3. The first-order valence-corrected chi connectivity index (χ1v) is 6.35. The molecular formula is C15H15F3N2O. The minimum Gasteiger partial charge on any atom is -0.481 e. The molecule has 0 spiro atoms. The predicted octanol–water partition coefficient (Wildman–Crippen LogP) is 3.40. The van der Waals surface area contributed by atoms with Gasteiger partial charge in [-0.05, 0) is 17.2 Å². The Balaban J connectivity index is 1.97. The number of pyridine rings is 1. The topological polar surface area (TPSA) is 34.1 Å². The lowest BCUT2D eigenvalue weighted by Crippen LogP contribution is -2.17. The monoisotopic (exact) mass is 296 g/mol. The van der Waals surface area contributed by atoms with E-state index < -0.39 is 11.7 Å². The standard InChI is InChI=1S/C15H15F3N2O/c1-21-14-7-6-11(9-20-14)8-19-10-12-4-2-3-5-13(12)15(16,17)18/h2-7,9,19H,8,10H2,1H3. The fourth-order valence-electron chi connectivity index (χ4n) is 1.93. The van der Waals surface area contributed by atoms with E-state index >= 15 is 0 Å². The van der Waals surface area contributed by atoms with E-state index in [4.69, 9.17) is 4.74 Å². The van der Waals surface area contributed by atoms with Crippen LogP contribution in [0.25, 0.3) is 0 Å². The highest BCUT2D eigenvalue weighted by molar-refractivity contribution is 5.29. The Hall–Kier alpha value is -2.08. The van der Waals surface area contributed by atoms with Gasteiger partial charge in [0.2, 0.25) is 5.88 Å². The lowest BCUT2D eigenvalue weighted by Gasteiger charge is -2.13. The molecule has 6 heteroatoms. The van der Waals surface area contributed by atoms with Gasteiger partial charge in [0.05, 0.1) is 12.7 Å². The molecule has 0 fully saturated rings. The molecule has 3 nitrogen and oxygen atoms in total. The molecule has 1 heterocycles. The number of nitrogens with one attached hydrogen (secondary N) is 1. The van der Waals surface area contributed by atoms with Crippen LogP contribution in [0.2, 0.25) is 0 Å². The van der Waals surface area contributed by atoms with E-state index in [0.717, 1.165) is 11.6 Å². The molecule has 0 aliphatic rings. The number of benzene rings is 1. The molecular weight excluding hydrogens is 281 g/mol. The lowest BCUT2D eigenvalue weighted by molar-refractivity contribution is -0.138. The van der Waals surface area contributed by atoms with Crippen LogP contribution in [0.5, 0.6) is 5.88 Å². The smallest absolute Gasteiger partial charge is 0.416 e. The summed E-state index contributed by atoms with van der Waals surface area (Å²) >= 11 is 0. The van der Waals surface area contributed by atoms with E-state index in [1.807, 2.05) is 6.07 Å². The Morgan fingerprint density at radius 3 is 2.48 bits per heavy atom. The second-order valence-electron chi connectivity index (χ2n) is 4.47. The molecule has 0 bridgehead atoms. The number of ether oxygens (including phenoxy) is 1. The molecule has 1 aromatic heterocycles. The third-order valence-corrected chi connectivity index (χ3v) is 2.97. The number of nitrogens with zero attached hydrogens (tertiary/aromatic N) is 1. The molecule has 0 saturated heterocycles. The number of hydrogen-bond donors (Lipinski definition) is 1. The molecule has 2 rings (SSSR count). The highest BCUT2D eigenvalue weighted by Crippen LogP contribution is 2.31. The summed E-state index contributed by atoms with van der Waals surface area (Å²) in [5, 5.41) is 2.99. The SMILES string of the molecule is COc1ccc(CNCc2ccccc2C(F)(F)F)cn1. The van der Waals surface area contributed by atoms with Gasteiger partial charge in [-0.15, -0.1) is 0 Å². The largest absolute Gasteiger partial charge is 0.481 e. The van der Waals surface area contributed by atoms with E-state index in [0.29, 0.717) is 12.4 Å². The Bertz CT molecular complexity index is 582. The normalized spacial score (nSPS) is 11.4. The van der Waals surface area contributed by atoms with Gasteiger partial charge < -0.3 is 10.1 Å². The van der Waals surface area contributed by atoms with Crippen LogP contribution in [0.15, 0.2) is 42.6 Å². The van der Waals surface area contributed by atoms with E-state index in [1.54, 1.807) is 18.3 Å². The third-order valence-electron chi connectivity index (χ3n) is 2.97. The second-order valence-corrected chi connectivity index (χ2v) is 4.47. The minimum absolute atomic E-state index is 0.141. The zero-order chi connectivity index (χ0) is 15.3. The fourth-order valence-corrected chi connectivity index (χ4v) is 1.93. The Morgan fingerprint density at radius 2 is 1.86 bits per heavy atom. The number of methoxy groups -OCH3 is 1. The highest BCUT2D eigenvalue weighted by Gasteiger charge is 2.32. The minimum atomic E-state index is -4.33. The third kappa shape index (κ3) is 4.19. The summed E-state index contributed by atoms with van der Waals surface area (Å²) in [6.07, 6.45) is -2.71. The molecule has 0 saturated carbocycles. The Kier molecular flexibility index (Phi) is 4.80. The van der Waals surface area contributed by atoms with Crippen molar-refractivity contribution < 1.29 is 17.9 Å². The summed E-state index contributed by atoms with van der Waals surface area (Å²) in [6.45, 7) is 0.574. The first-order valence-electron chi connectivity index (χ1n) is 6.35. The zero-order valence-electron chi connectivity index (χ0n) is 11.4. The number of rotatable bonds is 5. The first kappa shape index (κ1) is 15.3. The van der Waals surface area contributed by atoms with Crippen molar-refractivity contribution in [2.45, 2.75) is 19.3 Å². The van der Waals surface area contributed by atoms with Crippen molar-refractivity contribution in [3.05, 3.63) is 59.3 Å². The molecule has 0 aliphatic carbocycles. The number of hydrogen-bond acceptors (Lipinski definition) is 3. The van der Waals surface area contributed by atoms with Crippen molar-refractivity contribution in [3.63, 3.8) is 0 Å². The maximum absolute atomic E-state index is 12.8. The van der Waals surface area contributed by atoms with Gasteiger partial charge in [0.25, 0.3) is 0 Å². The Morgan fingerprint density at radius 1 is 1.10 bits per heavy atom. The second kappa shape index (κ2) is 6.58. The average molecular weight is 296 g/mol. The van der Waals surface area contributed by atoms with Gasteiger partial charge in [-0.1, -0.05) is 24.3 Å². The lowest BCUT2D eigenvalue weighted by atomic mass is 10.1. The van der Waals surface area contributed by atoms with Crippen LogP contribution in [0.4, 0.5) is 13.2 Å². The predicted molar refractivity (Wildman–Crippen MR) is 72.8 cm³/mol. The van der Waals surface area contributed by atoms with Gasteiger partial charge >= 0.3 is 6.18 Å². The quantitative estimate of drug-likeness (QED) is 0.918. The first-order chi connectivity index (χ1) is 10.0. The van der Waals surface area contributed by atoms with E-state index in [1.165, 1.54) is 19.2 Å². The van der Waals surface area contributed by atoms with Gasteiger partial charge in [0.1, 0.15) is 0 Å². The van der Waals surface area contributed by atoms with Crippen molar-refractivity contribution >= 4 is 0 Å². The van der Waals surface area contributed by atoms with Crippen LogP contribution in [-0.4, -0.2) is 12.1 Å². The molecule has 0 amide bonds. The van der Waals surface area contributed by atoms with Gasteiger partial charge in [0.15, 0.2) is 0 Å². The summed E-state index contributed by atoms with van der Waals surface area (Å²) in [7, 11) is 1.52. The maximum Gasteiger partial charge on any atom is 0.416 e. The molecule has 1 aromatic carbocycles. The van der Waals surface area contributed by atoms with Crippen LogP contribution in [0.3, 0.4) is 0 Å². The molecule has 1 N–H and O–H groups in total. The average Bonchev–Trinajstić information content (AvgIpc) is 2.47. The van der Waals surface area contributed by atoms with E-state index in [-0.39, 0.29) is 12.1 Å². The van der Waals surface area contributed by atoms with Crippen molar-refractivity contribution in [1.29, 1.82) is 0 Å². The summed E-state index contributed by atoms with van der Waals surface area (Å²) in [6, 6.07) is 9.07. The number of alkyl halides is 3. The van der Waals surface area contributed by atoms with E-state index in [9.17, 15) is 13.2 Å². The highest BCUT2D eigenvalue weighted by atomic mass is 19.4. The Labute approximate surface area is 120 Å². The zero-order valence-corrected chi connectivity index (χ0v) is 11.4. The van der Waals surface area contributed by atoms with Gasteiger partial charge in [0, 0.05) is 25.4 Å². The van der Waals surface area contributed by atoms with E-state index in [2.05, 4.69) is 10.3 Å². The molecule has 2 aromatic rings. The number of aromatic nitrogens is 1. The van der Waals surface area contributed by atoms with Gasteiger partial charge in [-0.2, -0.15) is 13.2 Å². The van der Waals surface area contributed by atoms with Crippen molar-refractivity contribution in [1.82, 2.24) is 10.3 Å². The van der Waals surface area contributed by atoms with Crippen LogP contribution in [0, 0.1) is 0 Å². The van der Waals surface area contributed by atoms with Crippen molar-refractivity contribution in [2.24, 2.45) is 0 Å². The van der Waals surface area contributed by atoms with Crippen LogP contribution >= 0.6 is 0 Å².